The number of carbonyl (C=O) groups is 4. The molecule has 0 heterocycles. The molecular formula is C24H36O8Sn. The van der Waals surface area contributed by atoms with Crippen LogP contribution in [0.15, 0.2) is 23.3 Å². The molecule has 0 N–H and O–H groups in total. The van der Waals surface area contributed by atoms with Crippen LogP contribution < -0.4 is 20.4 Å². The van der Waals surface area contributed by atoms with Gasteiger partial charge < -0.3 is 39.6 Å². The molecule has 0 aliphatic rings. The zero-order valence-electron chi connectivity index (χ0n) is 20.1. The van der Waals surface area contributed by atoms with Crippen LogP contribution in [0, 0.1) is 11.8 Å². The summed E-state index contributed by atoms with van der Waals surface area (Å²) in [5.41, 5.74) is -0.380. The molecule has 0 aliphatic carbocycles. The van der Waals surface area contributed by atoms with Gasteiger partial charge >= 0.3 is 23.9 Å². The van der Waals surface area contributed by atoms with Gasteiger partial charge in [-0.1, -0.05) is 66.2 Å². The van der Waals surface area contributed by atoms with Gasteiger partial charge in [0, 0.05) is 0 Å². The molecular weight excluding hydrogens is 535 g/mol. The van der Waals surface area contributed by atoms with Crippen molar-refractivity contribution in [3.63, 3.8) is 0 Å². The molecule has 0 aliphatic heterocycles. The number of hydrogen-bond donors (Lipinski definition) is 0. The van der Waals surface area contributed by atoms with E-state index in [9.17, 15) is 39.6 Å². The minimum atomic E-state index is -1.48. The molecule has 0 saturated heterocycles. The Morgan fingerprint density at radius 3 is 1.09 bits per heavy atom. The van der Waals surface area contributed by atoms with Crippen molar-refractivity contribution in [2.24, 2.45) is 11.8 Å². The fourth-order valence-electron chi connectivity index (χ4n) is 2.84. The van der Waals surface area contributed by atoms with Crippen LogP contribution in [0.2, 0.25) is 0 Å². The van der Waals surface area contributed by atoms with Gasteiger partial charge in [-0.2, -0.15) is 0 Å². The molecule has 184 valence electrons. The van der Waals surface area contributed by atoms with E-state index in [-0.39, 0.29) is 47.9 Å². The van der Waals surface area contributed by atoms with Gasteiger partial charge in [0.25, 0.3) is 0 Å². The van der Waals surface area contributed by atoms with Gasteiger partial charge in [-0.3, -0.25) is 0 Å². The largest absolute Gasteiger partial charge is 4.00 e. The number of hydrogen-bond acceptors (Lipinski definition) is 8. The number of unbranched alkanes of at least 4 members (excludes halogenated alkanes) is 4. The summed E-state index contributed by atoms with van der Waals surface area (Å²) < 4.78 is 0. The summed E-state index contributed by atoms with van der Waals surface area (Å²) in [6, 6.07) is 0. The topological polar surface area (TPSA) is 161 Å². The first-order chi connectivity index (χ1) is 14.9. The molecule has 0 atom stereocenters. The van der Waals surface area contributed by atoms with E-state index < -0.39 is 23.9 Å². The number of carboxylic acid groups (broad SMARTS) is 4. The maximum atomic E-state index is 10.5. The smallest absolute Gasteiger partial charge is 0.545 e. The van der Waals surface area contributed by atoms with Crippen LogP contribution in [-0.2, 0) is 19.2 Å². The third-order valence-electron chi connectivity index (χ3n) is 4.56. The fraction of sp³-hybridized carbons (Fsp3) is 0.667. The van der Waals surface area contributed by atoms with E-state index in [2.05, 4.69) is 27.7 Å². The van der Waals surface area contributed by atoms with E-state index in [1.165, 1.54) is 0 Å². The van der Waals surface area contributed by atoms with E-state index in [0.29, 0.717) is 36.8 Å². The molecule has 0 unspecified atom stereocenters. The van der Waals surface area contributed by atoms with Crippen LogP contribution in [0.1, 0.15) is 91.9 Å². The van der Waals surface area contributed by atoms with Crippen molar-refractivity contribution in [1.82, 2.24) is 0 Å². The van der Waals surface area contributed by atoms with Gasteiger partial charge in [-0.15, -0.1) is 0 Å². The zero-order valence-corrected chi connectivity index (χ0v) is 23.0. The molecule has 0 aromatic heterocycles. The molecule has 0 amide bonds. The maximum Gasteiger partial charge on any atom is 4.00 e. The molecule has 9 heteroatoms. The molecule has 0 aromatic carbocycles. The van der Waals surface area contributed by atoms with E-state index in [1.54, 1.807) is 0 Å². The molecule has 33 heavy (non-hydrogen) atoms. The number of carbonyl (C=O) groups excluding carboxylic acids is 4. The van der Waals surface area contributed by atoms with Crippen molar-refractivity contribution < 1.29 is 39.6 Å². The Balaban J connectivity index is -0.000000529. The van der Waals surface area contributed by atoms with Crippen LogP contribution >= 0.6 is 0 Å². The Morgan fingerprint density at radius 1 is 0.576 bits per heavy atom. The van der Waals surface area contributed by atoms with Crippen LogP contribution in [0.5, 0.6) is 0 Å². The fourth-order valence-corrected chi connectivity index (χ4v) is 2.84. The zero-order chi connectivity index (χ0) is 25.1. The van der Waals surface area contributed by atoms with E-state index in [1.807, 2.05) is 0 Å². The predicted octanol–water partition coefficient (Wildman–Crippen LogP) is -0.343. The Bertz CT molecular complexity index is 595. The molecule has 8 nitrogen and oxygen atoms in total. The molecule has 0 radical (unpaired) electrons. The number of carboxylic acids is 4. The average Bonchev–Trinajstić information content (AvgIpc) is 2.64. The van der Waals surface area contributed by atoms with E-state index in [4.69, 9.17) is 0 Å². The number of rotatable bonds is 16. The SMILES string of the molecule is CC(C)CCCCCC(=CC(=O)[O-])C(=O)[O-].CC(C)CCCCCC(=CC(=O)[O-])C(=O)[O-].[Sn+4]. The predicted molar refractivity (Wildman–Crippen MR) is 118 cm³/mol. The first-order valence-electron chi connectivity index (χ1n) is 11.1. The summed E-state index contributed by atoms with van der Waals surface area (Å²) in [4.78, 5) is 41.5. The van der Waals surface area contributed by atoms with Crippen molar-refractivity contribution >= 4 is 47.8 Å². The molecule has 0 spiro atoms. The van der Waals surface area contributed by atoms with Gasteiger partial charge in [-0.25, -0.2) is 0 Å². The summed E-state index contributed by atoms with van der Waals surface area (Å²) in [6.45, 7) is 8.51. The first kappa shape index (κ1) is 35.7. The average molecular weight is 571 g/mol. The summed E-state index contributed by atoms with van der Waals surface area (Å²) in [5.74, 6) is -4.54. The van der Waals surface area contributed by atoms with Gasteiger partial charge in [0.05, 0.1) is 23.9 Å². The molecule has 0 rings (SSSR count). The Labute approximate surface area is 214 Å². The van der Waals surface area contributed by atoms with Crippen molar-refractivity contribution in [2.75, 3.05) is 0 Å². The van der Waals surface area contributed by atoms with Gasteiger partial charge in [0.2, 0.25) is 0 Å². The summed E-state index contributed by atoms with van der Waals surface area (Å²) in [5, 5.41) is 41.5. The standard InChI is InChI=1S/2C12H20O4.Sn/c2*1-9(2)6-4-3-5-7-10(12(15)16)8-11(13)14;/h2*8-9H,3-7H2,1-2H3,(H,13,14)(H,15,16);/q;;+4/p-4. The van der Waals surface area contributed by atoms with Crippen LogP contribution in [0.4, 0.5) is 0 Å². The van der Waals surface area contributed by atoms with E-state index >= 15 is 0 Å². The van der Waals surface area contributed by atoms with Crippen LogP contribution in [0.25, 0.3) is 0 Å². The second kappa shape index (κ2) is 22.0. The Hall–Kier alpha value is -1.84. The van der Waals surface area contributed by atoms with Crippen molar-refractivity contribution in [3.8, 4) is 0 Å². The van der Waals surface area contributed by atoms with E-state index in [0.717, 1.165) is 38.5 Å². The summed E-state index contributed by atoms with van der Waals surface area (Å²) in [6.07, 6.45) is 9.08. The normalized spacial score (nSPS) is 11.5. The third-order valence-corrected chi connectivity index (χ3v) is 4.56. The van der Waals surface area contributed by atoms with Crippen LogP contribution in [0.3, 0.4) is 0 Å². The maximum absolute atomic E-state index is 10.5. The molecule has 0 aromatic rings. The second-order valence-electron chi connectivity index (χ2n) is 8.54. The molecule has 0 saturated carbocycles. The molecule has 0 bridgehead atoms. The monoisotopic (exact) mass is 572 g/mol. The molecule has 0 fully saturated rings. The summed E-state index contributed by atoms with van der Waals surface area (Å²) in [7, 11) is 0. The Kier molecular flexibility index (Phi) is 23.8. The number of aliphatic carboxylic acids is 4. The van der Waals surface area contributed by atoms with Crippen molar-refractivity contribution in [3.05, 3.63) is 23.3 Å². The van der Waals surface area contributed by atoms with Gasteiger partial charge in [0.15, 0.2) is 0 Å². The van der Waals surface area contributed by atoms with Gasteiger partial charge in [-0.05, 0) is 60.8 Å². The quantitative estimate of drug-likeness (QED) is 0.138. The Morgan fingerprint density at radius 2 is 0.879 bits per heavy atom. The second-order valence-corrected chi connectivity index (χ2v) is 8.54. The third kappa shape index (κ3) is 26.3. The minimum absolute atomic E-state index is 0. The van der Waals surface area contributed by atoms with Crippen molar-refractivity contribution in [1.29, 1.82) is 0 Å². The summed E-state index contributed by atoms with van der Waals surface area (Å²) >= 11 is 0. The van der Waals surface area contributed by atoms with Crippen LogP contribution in [-0.4, -0.2) is 47.8 Å². The van der Waals surface area contributed by atoms with Gasteiger partial charge in [0.1, 0.15) is 0 Å². The van der Waals surface area contributed by atoms with Crippen molar-refractivity contribution in [2.45, 2.75) is 91.9 Å². The minimum Gasteiger partial charge on any atom is -0.545 e. The first-order valence-corrected chi connectivity index (χ1v) is 11.1.